The van der Waals surface area contributed by atoms with Gasteiger partial charge in [0.15, 0.2) is 5.11 Å². The molecule has 5 nitrogen and oxygen atoms in total. The molecule has 3 aromatic rings. The van der Waals surface area contributed by atoms with Gasteiger partial charge in [0.25, 0.3) is 0 Å². The Morgan fingerprint density at radius 3 is 2.41 bits per heavy atom. The predicted octanol–water partition coefficient (Wildman–Crippen LogP) is 4.67. The quantitative estimate of drug-likeness (QED) is 0.369. The van der Waals surface area contributed by atoms with E-state index in [4.69, 9.17) is 17.3 Å². The minimum atomic E-state index is 0.458. The van der Waals surface area contributed by atoms with Crippen LogP contribution in [0.15, 0.2) is 72.0 Å². The highest BCUT2D eigenvalue weighted by Crippen LogP contribution is 2.22. The molecule has 0 atom stereocenters. The summed E-state index contributed by atoms with van der Waals surface area (Å²) in [5.41, 5.74) is 6.82. The van der Waals surface area contributed by atoms with Crippen LogP contribution in [0.2, 0.25) is 0 Å². The minimum absolute atomic E-state index is 0.458. The van der Waals surface area contributed by atoms with Gasteiger partial charge in [0.1, 0.15) is 5.69 Å². The fourth-order valence-electron chi connectivity index (χ4n) is 3.64. The molecule has 0 bridgehead atoms. The highest BCUT2D eigenvalue weighted by Gasteiger charge is 2.14. The molecule has 1 saturated carbocycles. The van der Waals surface area contributed by atoms with Gasteiger partial charge in [-0.25, -0.2) is 4.68 Å². The van der Waals surface area contributed by atoms with E-state index >= 15 is 0 Å². The van der Waals surface area contributed by atoms with Gasteiger partial charge < -0.3 is 5.32 Å². The topological polar surface area (TPSA) is 54.2 Å². The maximum atomic E-state index is 5.40. The fraction of sp³-hybridized carbons (Fsp3) is 0.261. The summed E-state index contributed by atoms with van der Waals surface area (Å²) in [6.07, 6.45) is 9.97. The van der Waals surface area contributed by atoms with Crippen LogP contribution in [-0.4, -0.2) is 27.1 Å². The summed E-state index contributed by atoms with van der Waals surface area (Å²) in [6.45, 7) is 0. The van der Waals surface area contributed by atoms with E-state index < -0.39 is 0 Å². The first kappa shape index (κ1) is 19.3. The molecule has 1 aliphatic rings. The van der Waals surface area contributed by atoms with Crippen LogP contribution in [-0.2, 0) is 0 Å². The van der Waals surface area contributed by atoms with Crippen LogP contribution in [0, 0.1) is 0 Å². The zero-order valence-electron chi connectivity index (χ0n) is 16.3. The van der Waals surface area contributed by atoms with Gasteiger partial charge in [-0.05, 0) is 37.2 Å². The number of hydrogen-bond donors (Lipinski definition) is 2. The summed E-state index contributed by atoms with van der Waals surface area (Å²) in [5, 5.41) is 13.1. The lowest BCUT2D eigenvalue weighted by Crippen LogP contribution is -2.40. The minimum Gasteiger partial charge on any atom is -0.359 e. The molecule has 1 fully saturated rings. The standard InChI is InChI=1S/C23H25N5S/c29-23(25-20-12-6-2-7-13-20)26-24-16-19-17-28(21-14-8-3-9-15-21)27-22(19)18-10-4-1-5-11-18/h1,3-5,8-11,14-17,20H,2,6-7,12-13H2,(H2,25,26,29)/b24-16-. The Kier molecular flexibility index (Phi) is 6.32. The second-order valence-electron chi connectivity index (χ2n) is 7.26. The van der Waals surface area contributed by atoms with Crippen molar-refractivity contribution in [1.82, 2.24) is 20.5 Å². The molecule has 2 N–H and O–H groups in total. The molecule has 1 heterocycles. The van der Waals surface area contributed by atoms with Gasteiger partial charge in [-0.15, -0.1) is 0 Å². The second kappa shape index (κ2) is 9.47. The Bertz CT molecular complexity index is 959. The normalized spacial score (nSPS) is 14.8. The van der Waals surface area contributed by atoms with Gasteiger partial charge in [-0.1, -0.05) is 67.8 Å². The molecule has 0 amide bonds. The van der Waals surface area contributed by atoms with Crippen molar-refractivity contribution in [2.75, 3.05) is 0 Å². The van der Waals surface area contributed by atoms with Crippen LogP contribution in [0.3, 0.4) is 0 Å². The zero-order valence-corrected chi connectivity index (χ0v) is 17.1. The number of nitrogens with one attached hydrogen (secondary N) is 2. The third kappa shape index (κ3) is 5.09. The number of rotatable bonds is 5. The number of hydrogen-bond acceptors (Lipinski definition) is 3. The van der Waals surface area contributed by atoms with Crippen molar-refractivity contribution < 1.29 is 0 Å². The smallest absolute Gasteiger partial charge is 0.187 e. The van der Waals surface area contributed by atoms with E-state index in [2.05, 4.69) is 28.0 Å². The lowest BCUT2D eigenvalue weighted by atomic mass is 9.96. The first-order chi connectivity index (χ1) is 14.3. The van der Waals surface area contributed by atoms with Crippen LogP contribution >= 0.6 is 12.2 Å². The first-order valence-corrected chi connectivity index (χ1v) is 10.5. The van der Waals surface area contributed by atoms with E-state index in [0.29, 0.717) is 11.2 Å². The van der Waals surface area contributed by atoms with E-state index in [9.17, 15) is 0 Å². The summed E-state index contributed by atoms with van der Waals surface area (Å²) in [6, 6.07) is 20.7. The Morgan fingerprint density at radius 1 is 1.00 bits per heavy atom. The molecule has 6 heteroatoms. The molecular formula is C23H25N5S. The first-order valence-electron chi connectivity index (χ1n) is 10.1. The summed E-state index contributed by atoms with van der Waals surface area (Å²) in [7, 11) is 0. The maximum absolute atomic E-state index is 5.40. The van der Waals surface area contributed by atoms with Gasteiger partial charge >= 0.3 is 0 Å². The number of para-hydroxylation sites is 1. The summed E-state index contributed by atoms with van der Waals surface area (Å²) in [5.74, 6) is 0. The molecule has 0 spiro atoms. The molecule has 148 valence electrons. The number of hydrazone groups is 1. The average Bonchev–Trinajstić information content (AvgIpc) is 3.20. The van der Waals surface area contributed by atoms with Gasteiger partial charge in [-0.3, -0.25) is 5.43 Å². The van der Waals surface area contributed by atoms with E-state index in [0.717, 1.165) is 22.5 Å². The highest BCUT2D eigenvalue weighted by molar-refractivity contribution is 7.80. The molecule has 4 rings (SSSR count). The van der Waals surface area contributed by atoms with Crippen molar-refractivity contribution in [2.24, 2.45) is 5.10 Å². The number of nitrogens with zero attached hydrogens (tertiary/aromatic N) is 3. The van der Waals surface area contributed by atoms with Crippen molar-refractivity contribution >= 4 is 23.5 Å². The third-order valence-electron chi connectivity index (χ3n) is 5.12. The van der Waals surface area contributed by atoms with Crippen LogP contribution < -0.4 is 10.7 Å². The lowest BCUT2D eigenvalue weighted by Gasteiger charge is -2.23. The van der Waals surface area contributed by atoms with Gasteiger partial charge in [0.2, 0.25) is 0 Å². The predicted molar refractivity (Wildman–Crippen MR) is 122 cm³/mol. The monoisotopic (exact) mass is 403 g/mol. The molecule has 2 aromatic carbocycles. The molecule has 1 aromatic heterocycles. The van der Waals surface area contributed by atoms with E-state index in [-0.39, 0.29) is 0 Å². The van der Waals surface area contributed by atoms with Crippen molar-refractivity contribution in [3.05, 3.63) is 72.4 Å². The Balaban J connectivity index is 1.51. The number of benzene rings is 2. The Morgan fingerprint density at radius 2 is 1.69 bits per heavy atom. The largest absolute Gasteiger partial charge is 0.359 e. The molecular weight excluding hydrogens is 378 g/mol. The van der Waals surface area contributed by atoms with Crippen LogP contribution in [0.25, 0.3) is 16.9 Å². The molecule has 0 saturated heterocycles. The third-order valence-corrected chi connectivity index (χ3v) is 5.33. The Hall–Kier alpha value is -2.99. The molecule has 1 aliphatic carbocycles. The summed E-state index contributed by atoms with van der Waals surface area (Å²) in [4.78, 5) is 0. The zero-order chi connectivity index (χ0) is 19.9. The van der Waals surface area contributed by atoms with Gasteiger partial charge in [0, 0.05) is 23.4 Å². The summed E-state index contributed by atoms with van der Waals surface area (Å²) >= 11 is 5.40. The van der Waals surface area contributed by atoms with Crippen LogP contribution in [0.4, 0.5) is 0 Å². The van der Waals surface area contributed by atoms with Gasteiger partial charge in [-0.2, -0.15) is 10.2 Å². The van der Waals surface area contributed by atoms with Gasteiger partial charge in [0.05, 0.1) is 11.9 Å². The average molecular weight is 404 g/mol. The molecule has 0 unspecified atom stereocenters. The molecule has 0 aliphatic heterocycles. The number of thiocarbonyl (C=S) groups is 1. The van der Waals surface area contributed by atoms with Crippen LogP contribution in [0.1, 0.15) is 37.7 Å². The van der Waals surface area contributed by atoms with E-state index in [1.54, 1.807) is 6.21 Å². The van der Waals surface area contributed by atoms with Crippen molar-refractivity contribution in [3.8, 4) is 16.9 Å². The Labute approximate surface area is 176 Å². The van der Waals surface area contributed by atoms with Crippen molar-refractivity contribution in [3.63, 3.8) is 0 Å². The molecule has 29 heavy (non-hydrogen) atoms. The van der Waals surface area contributed by atoms with E-state index in [1.165, 1.54) is 32.1 Å². The maximum Gasteiger partial charge on any atom is 0.187 e. The fourth-order valence-corrected chi connectivity index (χ4v) is 3.86. The van der Waals surface area contributed by atoms with Crippen molar-refractivity contribution in [2.45, 2.75) is 38.1 Å². The highest BCUT2D eigenvalue weighted by atomic mass is 32.1. The van der Waals surface area contributed by atoms with E-state index in [1.807, 2.05) is 59.4 Å². The lowest BCUT2D eigenvalue weighted by molar-refractivity contribution is 0.412. The molecule has 0 radical (unpaired) electrons. The summed E-state index contributed by atoms with van der Waals surface area (Å²) < 4.78 is 1.88. The van der Waals surface area contributed by atoms with Crippen LogP contribution in [0.5, 0.6) is 0 Å². The van der Waals surface area contributed by atoms with Crippen molar-refractivity contribution in [1.29, 1.82) is 0 Å². The SMILES string of the molecule is S=C(N/N=C\c1cn(-c2ccccc2)nc1-c1ccccc1)NC1CCCCC1. The second-order valence-corrected chi connectivity index (χ2v) is 7.67. The number of aromatic nitrogens is 2.